The number of esters is 1. The first-order chi connectivity index (χ1) is 8.29. The number of benzene rings is 1. The van der Waals surface area contributed by atoms with Gasteiger partial charge in [0.05, 0.1) is 24.9 Å². The van der Waals surface area contributed by atoms with Gasteiger partial charge in [-0.3, -0.25) is 5.10 Å². The molecule has 1 heterocycles. The highest BCUT2D eigenvalue weighted by atomic mass is 16.5. The topological polar surface area (TPSA) is 67.0 Å². The monoisotopic (exact) mass is 231 g/mol. The molecule has 0 spiro atoms. The lowest BCUT2D eigenvalue weighted by atomic mass is 10.2. The number of ether oxygens (including phenoxy) is 1. The van der Waals surface area contributed by atoms with Crippen molar-refractivity contribution < 1.29 is 9.53 Å². The first-order valence-electron chi connectivity index (χ1n) is 5.20. The summed E-state index contributed by atoms with van der Waals surface area (Å²) in [6.07, 6.45) is 1.71. The summed E-state index contributed by atoms with van der Waals surface area (Å²) in [6, 6.07) is 9.02. The molecule has 1 aromatic heterocycles. The van der Waals surface area contributed by atoms with Gasteiger partial charge in [0.25, 0.3) is 0 Å². The highest BCUT2D eigenvalue weighted by Crippen LogP contribution is 2.11. The van der Waals surface area contributed by atoms with Crippen LogP contribution in [0.15, 0.2) is 36.5 Å². The molecule has 0 saturated carbocycles. The van der Waals surface area contributed by atoms with Gasteiger partial charge in [-0.1, -0.05) is 0 Å². The van der Waals surface area contributed by atoms with Crippen LogP contribution in [0.25, 0.3) is 0 Å². The summed E-state index contributed by atoms with van der Waals surface area (Å²) in [5.41, 5.74) is 2.48. The summed E-state index contributed by atoms with van der Waals surface area (Å²) in [4.78, 5) is 11.2. The molecule has 0 bridgehead atoms. The van der Waals surface area contributed by atoms with Crippen molar-refractivity contribution in [1.29, 1.82) is 0 Å². The largest absolute Gasteiger partial charge is 0.465 e. The number of methoxy groups -OCH3 is 1. The summed E-state index contributed by atoms with van der Waals surface area (Å²) in [7, 11) is 1.37. The summed E-state index contributed by atoms with van der Waals surface area (Å²) in [6.45, 7) is 0.664. The normalized spacial score (nSPS) is 9.94. The number of carbonyl (C=O) groups is 1. The molecule has 0 saturated heterocycles. The number of aromatic amines is 1. The van der Waals surface area contributed by atoms with Crippen molar-refractivity contribution >= 4 is 11.7 Å². The predicted octanol–water partition coefficient (Wildman–Crippen LogP) is 1.81. The van der Waals surface area contributed by atoms with E-state index in [0.717, 1.165) is 11.4 Å². The van der Waals surface area contributed by atoms with E-state index in [4.69, 9.17) is 0 Å². The van der Waals surface area contributed by atoms with Crippen LogP contribution in [0, 0.1) is 0 Å². The molecule has 5 heteroatoms. The Morgan fingerprint density at radius 3 is 2.71 bits per heavy atom. The predicted molar refractivity (Wildman–Crippen MR) is 63.7 cm³/mol. The molecule has 1 aromatic carbocycles. The van der Waals surface area contributed by atoms with Crippen LogP contribution < -0.4 is 5.32 Å². The zero-order valence-electron chi connectivity index (χ0n) is 9.43. The third-order valence-corrected chi connectivity index (χ3v) is 2.35. The number of carbonyl (C=O) groups excluding carboxylic acids is 1. The van der Waals surface area contributed by atoms with E-state index in [9.17, 15) is 4.79 Å². The number of hydrogen-bond acceptors (Lipinski definition) is 4. The molecular formula is C12H13N3O2. The number of rotatable bonds is 4. The van der Waals surface area contributed by atoms with E-state index in [1.54, 1.807) is 18.3 Å². The molecule has 0 atom stereocenters. The number of anilines is 1. The molecule has 0 radical (unpaired) electrons. The van der Waals surface area contributed by atoms with Crippen molar-refractivity contribution in [2.24, 2.45) is 0 Å². The molecule has 5 nitrogen and oxygen atoms in total. The smallest absolute Gasteiger partial charge is 0.337 e. The van der Waals surface area contributed by atoms with Crippen molar-refractivity contribution in [3.63, 3.8) is 0 Å². The van der Waals surface area contributed by atoms with Crippen LogP contribution in [0.3, 0.4) is 0 Å². The molecule has 0 aliphatic rings. The van der Waals surface area contributed by atoms with Crippen LogP contribution in [-0.2, 0) is 11.3 Å². The summed E-state index contributed by atoms with van der Waals surface area (Å²) >= 11 is 0. The van der Waals surface area contributed by atoms with Crippen LogP contribution in [0.1, 0.15) is 16.1 Å². The maximum Gasteiger partial charge on any atom is 0.337 e. The summed E-state index contributed by atoms with van der Waals surface area (Å²) in [5.74, 6) is -0.329. The zero-order chi connectivity index (χ0) is 12.1. The lowest BCUT2D eigenvalue weighted by Gasteiger charge is -2.05. The van der Waals surface area contributed by atoms with Crippen LogP contribution in [0.2, 0.25) is 0 Å². The van der Waals surface area contributed by atoms with Gasteiger partial charge in [-0.25, -0.2) is 4.79 Å². The fourth-order valence-corrected chi connectivity index (χ4v) is 1.42. The van der Waals surface area contributed by atoms with Gasteiger partial charge in [-0.2, -0.15) is 5.10 Å². The SMILES string of the molecule is COC(=O)c1ccc(NCc2ccn[nH]2)cc1. The van der Waals surface area contributed by atoms with E-state index in [0.29, 0.717) is 12.1 Å². The second-order valence-corrected chi connectivity index (χ2v) is 3.50. The second-order valence-electron chi connectivity index (χ2n) is 3.50. The lowest BCUT2D eigenvalue weighted by Crippen LogP contribution is -2.02. The molecule has 0 aliphatic heterocycles. The summed E-state index contributed by atoms with van der Waals surface area (Å²) < 4.78 is 4.62. The molecule has 2 rings (SSSR count). The molecule has 88 valence electrons. The van der Waals surface area contributed by atoms with E-state index in [-0.39, 0.29) is 5.97 Å². The van der Waals surface area contributed by atoms with Crippen LogP contribution in [-0.4, -0.2) is 23.3 Å². The number of hydrogen-bond donors (Lipinski definition) is 2. The molecule has 17 heavy (non-hydrogen) atoms. The third-order valence-electron chi connectivity index (χ3n) is 2.35. The molecule has 0 unspecified atom stereocenters. The highest BCUT2D eigenvalue weighted by Gasteiger charge is 2.03. The van der Waals surface area contributed by atoms with Gasteiger partial charge in [-0.15, -0.1) is 0 Å². The molecule has 0 aliphatic carbocycles. The highest BCUT2D eigenvalue weighted by molar-refractivity contribution is 5.89. The van der Waals surface area contributed by atoms with Gasteiger partial charge in [0.15, 0.2) is 0 Å². The van der Waals surface area contributed by atoms with E-state index < -0.39 is 0 Å². The van der Waals surface area contributed by atoms with Crippen LogP contribution >= 0.6 is 0 Å². The van der Waals surface area contributed by atoms with Crippen LogP contribution in [0.4, 0.5) is 5.69 Å². The number of aromatic nitrogens is 2. The minimum absolute atomic E-state index is 0.329. The third kappa shape index (κ3) is 2.84. The van der Waals surface area contributed by atoms with Gasteiger partial charge < -0.3 is 10.1 Å². The van der Waals surface area contributed by atoms with Gasteiger partial charge in [0.2, 0.25) is 0 Å². The Morgan fingerprint density at radius 2 is 2.12 bits per heavy atom. The Kier molecular flexibility index (Phi) is 3.40. The maximum absolute atomic E-state index is 11.2. The Labute approximate surface area is 98.8 Å². The van der Waals surface area contributed by atoms with Gasteiger partial charge >= 0.3 is 5.97 Å². The van der Waals surface area contributed by atoms with Crippen LogP contribution in [0.5, 0.6) is 0 Å². The van der Waals surface area contributed by atoms with E-state index in [2.05, 4.69) is 20.3 Å². The van der Waals surface area contributed by atoms with Gasteiger partial charge in [-0.05, 0) is 30.3 Å². The maximum atomic E-state index is 11.2. The Bertz CT molecular complexity index is 477. The van der Waals surface area contributed by atoms with E-state index >= 15 is 0 Å². The van der Waals surface area contributed by atoms with Crippen molar-refractivity contribution in [2.45, 2.75) is 6.54 Å². The number of nitrogens with one attached hydrogen (secondary N) is 2. The minimum atomic E-state index is -0.329. The second kappa shape index (κ2) is 5.16. The van der Waals surface area contributed by atoms with E-state index in [1.165, 1.54) is 7.11 Å². The van der Waals surface area contributed by atoms with Gasteiger partial charge in [0.1, 0.15) is 0 Å². The fraction of sp³-hybridized carbons (Fsp3) is 0.167. The fourth-order valence-electron chi connectivity index (χ4n) is 1.42. The van der Waals surface area contributed by atoms with Crippen molar-refractivity contribution in [3.8, 4) is 0 Å². The lowest BCUT2D eigenvalue weighted by molar-refractivity contribution is 0.0601. The van der Waals surface area contributed by atoms with Crippen molar-refractivity contribution in [2.75, 3.05) is 12.4 Å². The van der Waals surface area contributed by atoms with Crippen molar-refractivity contribution in [3.05, 3.63) is 47.8 Å². The van der Waals surface area contributed by atoms with Crippen molar-refractivity contribution in [1.82, 2.24) is 10.2 Å². The quantitative estimate of drug-likeness (QED) is 0.787. The molecular weight excluding hydrogens is 218 g/mol. The minimum Gasteiger partial charge on any atom is -0.465 e. The molecule has 0 amide bonds. The Balaban J connectivity index is 1.96. The molecule has 2 N–H and O–H groups in total. The Morgan fingerprint density at radius 1 is 1.35 bits per heavy atom. The average Bonchev–Trinajstić information content (AvgIpc) is 2.89. The first-order valence-corrected chi connectivity index (χ1v) is 5.20. The number of H-pyrrole nitrogens is 1. The standard InChI is InChI=1S/C12H13N3O2/c1-17-12(16)9-2-4-10(5-3-9)13-8-11-6-7-14-15-11/h2-7,13H,8H2,1H3,(H,14,15). The molecule has 0 fully saturated rings. The van der Waals surface area contributed by atoms with E-state index in [1.807, 2.05) is 18.2 Å². The average molecular weight is 231 g/mol. The molecule has 2 aromatic rings. The summed E-state index contributed by atoms with van der Waals surface area (Å²) in [5, 5.41) is 9.92. The Hall–Kier alpha value is -2.30. The number of nitrogens with zero attached hydrogens (tertiary/aromatic N) is 1. The first kappa shape index (κ1) is 11.2. The zero-order valence-corrected chi connectivity index (χ0v) is 9.43. The van der Waals surface area contributed by atoms with Gasteiger partial charge in [0, 0.05) is 11.9 Å².